The maximum atomic E-state index is 13.6. The first-order valence-electron chi connectivity index (χ1n) is 10.8. The first-order valence-corrected chi connectivity index (χ1v) is 10.8. The summed E-state index contributed by atoms with van der Waals surface area (Å²) in [6, 6.07) is 27.5. The Morgan fingerprint density at radius 3 is 2.43 bits per heavy atom. The number of rotatable bonds is 7. The number of hydrogen-bond acceptors (Lipinski definition) is 3. The molecule has 4 nitrogen and oxygen atoms in total. The summed E-state index contributed by atoms with van der Waals surface area (Å²) in [6.45, 7) is 0.477. The highest BCUT2D eigenvalue weighted by atomic mass is 35.5. The topological polar surface area (TPSA) is 46.3 Å². The molecule has 35 heavy (non-hydrogen) atoms. The minimum atomic E-state index is -0.882. The number of halogens is 3. The predicted molar refractivity (Wildman–Crippen MR) is 138 cm³/mol. The van der Waals surface area contributed by atoms with Crippen molar-refractivity contribution in [3.63, 3.8) is 0 Å². The van der Waals surface area contributed by atoms with Gasteiger partial charge in [-0.3, -0.25) is 0 Å². The Morgan fingerprint density at radius 2 is 1.63 bits per heavy atom. The molecule has 178 valence electrons. The largest absolute Gasteiger partial charge is 0.495 e. The summed E-state index contributed by atoms with van der Waals surface area (Å²) < 4.78 is 38.7. The molecule has 0 radical (unpaired) electrons. The molecule has 1 heterocycles. The van der Waals surface area contributed by atoms with Crippen molar-refractivity contribution in [2.24, 2.45) is 0 Å². The van der Waals surface area contributed by atoms with E-state index in [4.69, 9.17) is 9.47 Å². The number of ether oxygens (including phenoxy) is 2. The smallest absolute Gasteiger partial charge is 0.160 e. The minimum Gasteiger partial charge on any atom is -0.495 e. The third kappa shape index (κ3) is 5.39. The average molecular weight is 493 g/mol. The number of anilines is 2. The van der Waals surface area contributed by atoms with E-state index in [1.165, 1.54) is 6.07 Å². The first-order chi connectivity index (χ1) is 16.6. The van der Waals surface area contributed by atoms with E-state index in [1.54, 1.807) is 13.2 Å². The normalized spacial score (nSPS) is 10.6. The van der Waals surface area contributed by atoms with Gasteiger partial charge in [-0.25, -0.2) is 8.78 Å². The quantitative estimate of drug-likeness (QED) is 0.243. The fourth-order valence-electron chi connectivity index (χ4n) is 3.82. The molecule has 0 atom stereocenters. The standard InChI is InChI=1S/C28H22F2N2O2.ClH/c1-33-28-11-10-19(25-14-20-12-23(29)24(30)16-26(20)32-25)13-27(28)31-21-8-5-9-22(15-21)34-17-18-6-3-2-4-7-18;/h2-16,31-32H,17H2,1H3;1H. The van der Waals surface area contributed by atoms with Crippen molar-refractivity contribution in [1.29, 1.82) is 0 Å². The van der Waals surface area contributed by atoms with Crippen LogP contribution in [0.15, 0.2) is 91.0 Å². The van der Waals surface area contributed by atoms with Crippen molar-refractivity contribution in [1.82, 2.24) is 4.98 Å². The molecule has 0 aliphatic rings. The van der Waals surface area contributed by atoms with Crippen molar-refractivity contribution in [3.8, 4) is 22.8 Å². The van der Waals surface area contributed by atoms with E-state index >= 15 is 0 Å². The van der Waals surface area contributed by atoms with Crippen LogP contribution in [0.5, 0.6) is 11.5 Å². The second kappa shape index (κ2) is 10.5. The third-order valence-corrected chi connectivity index (χ3v) is 5.53. The number of nitrogens with one attached hydrogen (secondary N) is 2. The van der Waals surface area contributed by atoms with E-state index in [9.17, 15) is 8.78 Å². The van der Waals surface area contributed by atoms with Gasteiger partial charge in [0.1, 0.15) is 18.1 Å². The Labute approximate surface area is 207 Å². The van der Waals surface area contributed by atoms with Crippen molar-refractivity contribution >= 4 is 34.7 Å². The lowest BCUT2D eigenvalue weighted by molar-refractivity contribution is 0.306. The van der Waals surface area contributed by atoms with Gasteiger partial charge in [-0.05, 0) is 48.0 Å². The van der Waals surface area contributed by atoms with Crippen LogP contribution < -0.4 is 14.8 Å². The zero-order chi connectivity index (χ0) is 23.5. The van der Waals surface area contributed by atoms with E-state index in [0.29, 0.717) is 23.3 Å². The second-order valence-electron chi connectivity index (χ2n) is 7.88. The second-order valence-corrected chi connectivity index (χ2v) is 7.88. The molecule has 0 fully saturated rings. The number of H-pyrrole nitrogens is 1. The number of hydrogen-bond donors (Lipinski definition) is 2. The summed E-state index contributed by atoms with van der Waals surface area (Å²) in [5.41, 5.74) is 4.79. The molecular weight excluding hydrogens is 470 g/mol. The first kappa shape index (κ1) is 24.1. The van der Waals surface area contributed by atoms with E-state index in [-0.39, 0.29) is 12.4 Å². The molecule has 1 aromatic heterocycles. The Morgan fingerprint density at radius 1 is 0.829 bits per heavy atom. The Balaban J connectivity index is 0.00000289. The van der Waals surface area contributed by atoms with E-state index in [0.717, 1.165) is 40.0 Å². The Kier molecular flexibility index (Phi) is 7.22. The summed E-state index contributed by atoms with van der Waals surface area (Å²) in [5.74, 6) is -0.354. The zero-order valence-corrected chi connectivity index (χ0v) is 19.7. The van der Waals surface area contributed by atoms with Crippen LogP contribution in [-0.4, -0.2) is 12.1 Å². The molecular formula is C28H23ClF2N2O2. The number of benzene rings is 4. The number of fused-ring (bicyclic) bond motifs is 1. The summed E-state index contributed by atoms with van der Waals surface area (Å²) in [6.07, 6.45) is 0. The molecule has 5 aromatic rings. The SMILES string of the molecule is COc1ccc(-c2cc3cc(F)c(F)cc3[nH]2)cc1Nc1cccc(OCc2ccccc2)c1.Cl. The fraction of sp³-hybridized carbons (Fsp3) is 0.0714. The van der Waals surface area contributed by atoms with Gasteiger partial charge in [0, 0.05) is 40.0 Å². The van der Waals surface area contributed by atoms with Crippen LogP contribution >= 0.6 is 12.4 Å². The molecule has 0 aliphatic carbocycles. The van der Waals surface area contributed by atoms with Gasteiger partial charge in [0.25, 0.3) is 0 Å². The number of methoxy groups -OCH3 is 1. The molecule has 2 N–H and O–H groups in total. The van der Waals surface area contributed by atoms with Gasteiger partial charge in [0.05, 0.1) is 12.8 Å². The van der Waals surface area contributed by atoms with E-state index in [1.807, 2.05) is 72.8 Å². The Bertz CT molecular complexity index is 1420. The van der Waals surface area contributed by atoms with Crippen molar-refractivity contribution in [2.45, 2.75) is 6.61 Å². The summed E-state index contributed by atoms with van der Waals surface area (Å²) >= 11 is 0. The molecule has 0 aliphatic heterocycles. The molecule has 0 amide bonds. The van der Waals surface area contributed by atoms with Crippen LogP contribution in [-0.2, 0) is 6.61 Å². The van der Waals surface area contributed by atoms with Crippen LogP contribution in [0.1, 0.15) is 5.56 Å². The molecule has 7 heteroatoms. The maximum absolute atomic E-state index is 13.6. The van der Waals surface area contributed by atoms with Crippen LogP contribution in [0.25, 0.3) is 22.2 Å². The zero-order valence-electron chi connectivity index (χ0n) is 18.8. The minimum absolute atomic E-state index is 0. The fourth-order valence-corrected chi connectivity index (χ4v) is 3.82. The van der Waals surface area contributed by atoms with Crippen molar-refractivity contribution in [2.75, 3.05) is 12.4 Å². The van der Waals surface area contributed by atoms with Crippen molar-refractivity contribution in [3.05, 3.63) is 108 Å². The van der Waals surface area contributed by atoms with Crippen LogP contribution in [0.2, 0.25) is 0 Å². The molecule has 0 bridgehead atoms. The van der Waals surface area contributed by atoms with Gasteiger partial charge < -0.3 is 19.8 Å². The molecule has 0 spiro atoms. The Hall–Kier alpha value is -4.03. The lowest BCUT2D eigenvalue weighted by atomic mass is 10.1. The van der Waals surface area contributed by atoms with Crippen LogP contribution in [0.4, 0.5) is 20.2 Å². The highest BCUT2D eigenvalue weighted by molar-refractivity contribution is 5.87. The molecule has 0 unspecified atom stereocenters. The van der Waals surface area contributed by atoms with Gasteiger partial charge in [0.15, 0.2) is 11.6 Å². The average Bonchev–Trinajstić information content (AvgIpc) is 3.26. The maximum Gasteiger partial charge on any atom is 0.160 e. The van der Waals surface area contributed by atoms with Crippen molar-refractivity contribution < 1.29 is 18.3 Å². The lowest BCUT2D eigenvalue weighted by Crippen LogP contribution is -1.98. The predicted octanol–water partition coefficient (Wildman–Crippen LogP) is 7.87. The van der Waals surface area contributed by atoms with Crippen LogP contribution in [0, 0.1) is 11.6 Å². The molecule has 4 aromatic carbocycles. The van der Waals surface area contributed by atoms with Gasteiger partial charge >= 0.3 is 0 Å². The third-order valence-electron chi connectivity index (χ3n) is 5.53. The summed E-state index contributed by atoms with van der Waals surface area (Å²) in [5, 5.41) is 3.98. The summed E-state index contributed by atoms with van der Waals surface area (Å²) in [7, 11) is 1.61. The lowest BCUT2D eigenvalue weighted by Gasteiger charge is -2.14. The molecule has 0 saturated heterocycles. The van der Waals surface area contributed by atoms with Gasteiger partial charge in [-0.2, -0.15) is 0 Å². The highest BCUT2D eigenvalue weighted by Crippen LogP contribution is 2.34. The van der Waals surface area contributed by atoms with Gasteiger partial charge in [0.2, 0.25) is 0 Å². The van der Waals surface area contributed by atoms with E-state index in [2.05, 4.69) is 10.3 Å². The number of aromatic nitrogens is 1. The van der Waals surface area contributed by atoms with Gasteiger partial charge in [-0.15, -0.1) is 12.4 Å². The summed E-state index contributed by atoms with van der Waals surface area (Å²) in [4.78, 5) is 3.15. The molecule has 0 saturated carbocycles. The van der Waals surface area contributed by atoms with Crippen LogP contribution in [0.3, 0.4) is 0 Å². The molecule has 5 rings (SSSR count). The number of aromatic amines is 1. The van der Waals surface area contributed by atoms with Gasteiger partial charge in [-0.1, -0.05) is 36.4 Å². The monoisotopic (exact) mass is 492 g/mol. The van der Waals surface area contributed by atoms with E-state index < -0.39 is 11.6 Å². The highest BCUT2D eigenvalue weighted by Gasteiger charge is 2.11.